The Morgan fingerprint density at radius 3 is 2.63 bits per heavy atom. The average Bonchev–Trinajstić information content (AvgIpc) is 2.64. The van der Waals surface area contributed by atoms with Crippen LogP contribution in [0.1, 0.15) is 24.1 Å². The summed E-state index contributed by atoms with van der Waals surface area (Å²) in [4.78, 5) is 15.9. The van der Waals surface area contributed by atoms with E-state index in [1.165, 1.54) is 0 Å². The number of nitrogens with zero attached hydrogens (tertiary/aromatic N) is 2. The third-order valence-electron chi connectivity index (χ3n) is 2.68. The Balaban J connectivity index is 2.97. The van der Waals surface area contributed by atoms with Crippen LogP contribution in [-0.2, 0) is 29.1 Å². The molecule has 19 heavy (non-hydrogen) atoms. The Morgan fingerprint density at radius 1 is 1.42 bits per heavy atom. The van der Waals surface area contributed by atoms with Crippen molar-refractivity contribution in [2.75, 3.05) is 0 Å². The first kappa shape index (κ1) is 15.0. The van der Waals surface area contributed by atoms with E-state index in [1.54, 1.807) is 19.1 Å². The van der Waals surface area contributed by atoms with E-state index in [9.17, 15) is 4.79 Å². The Hall–Kier alpha value is -2.10. The van der Waals surface area contributed by atoms with Gasteiger partial charge in [-0.15, -0.1) is 13.2 Å². The minimum absolute atomic E-state index is 0.190. The summed E-state index contributed by atoms with van der Waals surface area (Å²) in [6.07, 6.45) is 4.26. The minimum atomic E-state index is -0.393. The summed E-state index contributed by atoms with van der Waals surface area (Å²) in [5.41, 5.74) is 2.12. The van der Waals surface area contributed by atoms with Gasteiger partial charge in [0.25, 0.3) is 0 Å². The molecular formula is C15H20N2O2. The number of allylic oxidation sites excluding steroid dienone is 2. The van der Waals surface area contributed by atoms with Crippen molar-refractivity contribution in [2.24, 2.45) is 0 Å². The van der Waals surface area contributed by atoms with Gasteiger partial charge >= 0.3 is 5.97 Å². The molecule has 4 heteroatoms. The molecule has 0 N–H and O–H groups in total. The zero-order valence-corrected chi connectivity index (χ0v) is 11.6. The van der Waals surface area contributed by atoms with Gasteiger partial charge in [0.2, 0.25) is 0 Å². The van der Waals surface area contributed by atoms with Gasteiger partial charge in [0.1, 0.15) is 12.4 Å². The predicted molar refractivity (Wildman–Crippen MR) is 75.7 cm³/mol. The van der Waals surface area contributed by atoms with Crippen LogP contribution in [0.2, 0.25) is 0 Å². The third-order valence-corrected chi connectivity index (χ3v) is 2.68. The predicted octanol–water partition coefficient (Wildman–Crippen LogP) is 2.73. The van der Waals surface area contributed by atoms with E-state index >= 15 is 0 Å². The van der Waals surface area contributed by atoms with Gasteiger partial charge in [-0.1, -0.05) is 18.7 Å². The van der Waals surface area contributed by atoms with E-state index in [-0.39, 0.29) is 6.61 Å². The highest BCUT2D eigenvalue weighted by Crippen LogP contribution is 2.14. The number of ether oxygens (including phenoxy) is 1. The standard InChI is InChI=1S/C15H20N2O2/c1-6-8-14-16-12(5)13(17(14)9-7-2)10-19-15(18)11(3)4/h6-7H,1-3,8-10H2,4-5H3. The highest BCUT2D eigenvalue weighted by molar-refractivity contribution is 5.86. The molecule has 0 fully saturated rings. The maximum atomic E-state index is 11.4. The number of aryl methyl sites for hydroxylation is 1. The zero-order chi connectivity index (χ0) is 14.4. The molecule has 0 bridgehead atoms. The summed E-state index contributed by atoms with van der Waals surface area (Å²) in [7, 11) is 0. The van der Waals surface area contributed by atoms with Crippen LogP contribution in [-0.4, -0.2) is 15.5 Å². The lowest BCUT2D eigenvalue weighted by Crippen LogP contribution is -2.11. The van der Waals surface area contributed by atoms with Gasteiger partial charge in [0, 0.05) is 18.5 Å². The number of hydrogen-bond acceptors (Lipinski definition) is 3. The summed E-state index contributed by atoms with van der Waals surface area (Å²) < 4.78 is 7.19. The number of carbonyl (C=O) groups excluding carboxylic acids is 1. The first-order chi connectivity index (χ1) is 9.01. The number of imidazole rings is 1. The van der Waals surface area contributed by atoms with Gasteiger partial charge in [-0.3, -0.25) is 0 Å². The molecule has 1 aromatic heterocycles. The molecule has 0 aliphatic rings. The van der Waals surface area contributed by atoms with Crippen molar-refractivity contribution in [3.63, 3.8) is 0 Å². The maximum Gasteiger partial charge on any atom is 0.333 e. The molecule has 1 rings (SSSR count). The van der Waals surface area contributed by atoms with Crippen LogP contribution >= 0.6 is 0 Å². The van der Waals surface area contributed by atoms with Crippen molar-refractivity contribution in [2.45, 2.75) is 33.4 Å². The molecule has 0 aliphatic heterocycles. The topological polar surface area (TPSA) is 44.1 Å². The van der Waals surface area contributed by atoms with Gasteiger partial charge in [-0.25, -0.2) is 9.78 Å². The molecule has 0 unspecified atom stereocenters. The fourth-order valence-electron chi connectivity index (χ4n) is 1.74. The van der Waals surface area contributed by atoms with Crippen LogP contribution in [0.3, 0.4) is 0 Å². The number of esters is 1. The van der Waals surface area contributed by atoms with Gasteiger partial charge < -0.3 is 9.30 Å². The molecule has 102 valence electrons. The SMILES string of the molecule is C=CCc1nc(C)c(COC(=O)C(=C)C)n1CC=C. The number of carbonyl (C=O) groups is 1. The van der Waals surface area contributed by atoms with Crippen molar-refractivity contribution >= 4 is 5.97 Å². The van der Waals surface area contributed by atoms with Crippen LogP contribution < -0.4 is 0 Å². The second-order valence-corrected chi connectivity index (χ2v) is 4.31. The first-order valence-electron chi connectivity index (χ1n) is 6.10. The second kappa shape index (κ2) is 6.73. The lowest BCUT2D eigenvalue weighted by molar-refractivity contribution is -0.140. The van der Waals surface area contributed by atoms with E-state index < -0.39 is 5.97 Å². The molecule has 0 spiro atoms. The molecule has 0 saturated carbocycles. The van der Waals surface area contributed by atoms with Crippen molar-refractivity contribution in [1.29, 1.82) is 0 Å². The van der Waals surface area contributed by atoms with Gasteiger partial charge in [-0.05, 0) is 13.8 Å². The van der Waals surface area contributed by atoms with E-state index in [1.807, 2.05) is 11.5 Å². The first-order valence-corrected chi connectivity index (χ1v) is 6.10. The van der Waals surface area contributed by atoms with Crippen molar-refractivity contribution in [3.05, 3.63) is 54.7 Å². The highest BCUT2D eigenvalue weighted by atomic mass is 16.5. The van der Waals surface area contributed by atoms with Crippen molar-refractivity contribution in [3.8, 4) is 0 Å². The fourth-order valence-corrected chi connectivity index (χ4v) is 1.74. The largest absolute Gasteiger partial charge is 0.456 e. The summed E-state index contributed by atoms with van der Waals surface area (Å²) in [6, 6.07) is 0. The van der Waals surface area contributed by atoms with Crippen LogP contribution in [0.5, 0.6) is 0 Å². The molecular weight excluding hydrogens is 240 g/mol. The lowest BCUT2D eigenvalue weighted by atomic mass is 10.3. The van der Waals surface area contributed by atoms with E-state index in [4.69, 9.17) is 4.74 Å². The summed E-state index contributed by atoms with van der Waals surface area (Å²) >= 11 is 0. The van der Waals surface area contributed by atoms with E-state index in [0.717, 1.165) is 17.2 Å². The summed E-state index contributed by atoms with van der Waals surface area (Å²) in [5.74, 6) is 0.504. The Kier molecular flexibility index (Phi) is 5.30. The summed E-state index contributed by atoms with van der Waals surface area (Å²) in [5, 5.41) is 0. The van der Waals surface area contributed by atoms with Gasteiger partial charge in [-0.2, -0.15) is 0 Å². The summed E-state index contributed by atoms with van der Waals surface area (Å²) in [6.45, 7) is 15.4. The molecule has 0 aliphatic carbocycles. The fraction of sp³-hybridized carbons (Fsp3) is 0.333. The number of rotatable bonds is 7. The maximum absolute atomic E-state index is 11.4. The quantitative estimate of drug-likeness (QED) is 0.430. The zero-order valence-electron chi connectivity index (χ0n) is 11.6. The Labute approximate surface area is 114 Å². The van der Waals surface area contributed by atoms with Crippen LogP contribution in [0.15, 0.2) is 37.5 Å². The molecule has 1 heterocycles. The van der Waals surface area contributed by atoms with Crippen LogP contribution in [0.25, 0.3) is 0 Å². The molecule has 0 atom stereocenters. The number of aromatic nitrogens is 2. The van der Waals surface area contributed by atoms with Crippen LogP contribution in [0.4, 0.5) is 0 Å². The molecule has 0 radical (unpaired) electrons. The van der Waals surface area contributed by atoms with Crippen LogP contribution in [0, 0.1) is 6.92 Å². The van der Waals surface area contributed by atoms with E-state index in [0.29, 0.717) is 18.5 Å². The highest BCUT2D eigenvalue weighted by Gasteiger charge is 2.14. The molecule has 0 saturated heterocycles. The van der Waals surface area contributed by atoms with E-state index in [2.05, 4.69) is 24.7 Å². The molecule has 0 aromatic carbocycles. The molecule has 1 aromatic rings. The normalized spacial score (nSPS) is 10.0. The smallest absolute Gasteiger partial charge is 0.333 e. The molecule has 0 amide bonds. The minimum Gasteiger partial charge on any atom is -0.456 e. The molecule has 4 nitrogen and oxygen atoms in total. The Bertz CT molecular complexity index is 512. The average molecular weight is 260 g/mol. The Morgan fingerprint density at radius 2 is 2.11 bits per heavy atom. The second-order valence-electron chi connectivity index (χ2n) is 4.31. The van der Waals surface area contributed by atoms with Crippen molar-refractivity contribution < 1.29 is 9.53 Å². The van der Waals surface area contributed by atoms with Gasteiger partial charge in [0.05, 0.1) is 11.4 Å². The number of hydrogen-bond donors (Lipinski definition) is 0. The lowest BCUT2D eigenvalue weighted by Gasteiger charge is -2.10. The third kappa shape index (κ3) is 3.68. The van der Waals surface area contributed by atoms with Crippen molar-refractivity contribution in [1.82, 2.24) is 9.55 Å². The monoisotopic (exact) mass is 260 g/mol. The van der Waals surface area contributed by atoms with Gasteiger partial charge in [0.15, 0.2) is 0 Å².